The summed E-state index contributed by atoms with van der Waals surface area (Å²) in [4.78, 5) is 15.2. The number of carbonyl (C=O) groups is 1. The summed E-state index contributed by atoms with van der Waals surface area (Å²) in [6.07, 6.45) is 4.86. The zero-order valence-corrected chi connectivity index (χ0v) is 15.8. The second-order valence-electron chi connectivity index (χ2n) is 6.46. The molecular weight excluding hydrogens is 364 g/mol. The quantitative estimate of drug-likeness (QED) is 0.680. The highest BCUT2D eigenvalue weighted by atomic mass is 35.5. The Morgan fingerprint density at radius 1 is 1.38 bits per heavy atom. The van der Waals surface area contributed by atoms with E-state index in [0.717, 1.165) is 20.2 Å². The van der Waals surface area contributed by atoms with Gasteiger partial charge in [0.2, 0.25) is 5.91 Å². The van der Waals surface area contributed by atoms with Crippen LogP contribution in [0.15, 0.2) is 17.3 Å². The number of thioether (sulfide) groups is 1. The molecule has 0 aromatic carbocycles. The largest absolute Gasteiger partial charge is 0.340 e. The van der Waals surface area contributed by atoms with Crippen molar-refractivity contribution in [1.82, 2.24) is 19.7 Å². The smallest absolute Gasteiger partial charge is 0.233 e. The van der Waals surface area contributed by atoms with Gasteiger partial charge in [-0.2, -0.15) is 0 Å². The Kier molecular flexibility index (Phi) is 4.58. The Morgan fingerprint density at radius 2 is 2.17 bits per heavy atom. The molecule has 0 aliphatic heterocycles. The Hall–Kier alpha value is -1.05. The van der Waals surface area contributed by atoms with Crippen molar-refractivity contribution in [2.75, 3.05) is 12.8 Å². The van der Waals surface area contributed by atoms with Crippen molar-refractivity contribution >= 4 is 40.6 Å². The van der Waals surface area contributed by atoms with Crippen LogP contribution in [0.2, 0.25) is 4.34 Å². The van der Waals surface area contributed by atoms with E-state index in [0.29, 0.717) is 24.3 Å². The van der Waals surface area contributed by atoms with Crippen LogP contribution in [0.25, 0.3) is 0 Å². The monoisotopic (exact) mass is 382 g/mol. The first kappa shape index (κ1) is 16.4. The predicted molar refractivity (Wildman–Crippen MR) is 96.8 cm³/mol. The fraction of sp³-hybridized carbons (Fsp3) is 0.562. The van der Waals surface area contributed by atoms with E-state index in [4.69, 9.17) is 11.6 Å². The third-order valence-corrected chi connectivity index (χ3v) is 6.46. The Labute approximate surface area is 154 Å². The Bertz CT molecular complexity index is 751. The average Bonchev–Trinajstić information content (AvgIpc) is 3.49. The van der Waals surface area contributed by atoms with Crippen molar-refractivity contribution in [2.45, 2.75) is 49.3 Å². The lowest BCUT2D eigenvalue weighted by atomic mass is 10.4. The first-order valence-electron chi connectivity index (χ1n) is 8.17. The van der Waals surface area contributed by atoms with Gasteiger partial charge in [-0.3, -0.25) is 4.79 Å². The van der Waals surface area contributed by atoms with Crippen molar-refractivity contribution in [2.24, 2.45) is 0 Å². The molecule has 8 heteroatoms. The molecule has 0 N–H and O–H groups in total. The first-order chi connectivity index (χ1) is 11.6. The van der Waals surface area contributed by atoms with Crippen LogP contribution in [0.5, 0.6) is 0 Å². The minimum Gasteiger partial charge on any atom is -0.340 e. The van der Waals surface area contributed by atoms with Crippen molar-refractivity contribution in [1.29, 1.82) is 0 Å². The summed E-state index contributed by atoms with van der Waals surface area (Å²) in [6.45, 7) is 0.597. The number of amides is 1. The lowest BCUT2D eigenvalue weighted by Crippen LogP contribution is -2.27. The summed E-state index contributed by atoms with van der Waals surface area (Å²) >= 11 is 8.97. The van der Waals surface area contributed by atoms with Crippen LogP contribution in [-0.4, -0.2) is 38.4 Å². The minimum atomic E-state index is 0.0999. The molecule has 0 unspecified atom stereocenters. The maximum absolute atomic E-state index is 12.4. The lowest BCUT2D eigenvalue weighted by Gasteiger charge is -2.16. The maximum Gasteiger partial charge on any atom is 0.233 e. The zero-order chi connectivity index (χ0) is 16.7. The van der Waals surface area contributed by atoms with Crippen molar-refractivity contribution in [3.8, 4) is 0 Å². The number of aromatic nitrogens is 3. The van der Waals surface area contributed by atoms with Gasteiger partial charge in [0.1, 0.15) is 5.82 Å². The molecule has 2 aliphatic rings. The van der Waals surface area contributed by atoms with Gasteiger partial charge in [-0.15, -0.1) is 21.5 Å². The van der Waals surface area contributed by atoms with E-state index in [-0.39, 0.29) is 5.91 Å². The highest BCUT2D eigenvalue weighted by Crippen LogP contribution is 2.46. The number of carbonyl (C=O) groups excluding carboxylic acids is 1. The average molecular weight is 383 g/mol. The Balaban J connectivity index is 1.37. The standard InChI is InChI=1S/C16H19ClN4OS2/c1-20(8-12-6-7-13(17)24-12)14(22)9-23-16-19-18-15(10-2-3-10)21(16)11-4-5-11/h6-7,10-11H,2-5,8-9H2,1H3. The number of nitrogens with zero attached hydrogens (tertiary/aromatic N) is 4. The SMILES string of the molecule is CN(Cc1ccc(Cl)s1)C(=O)CSc1nnc(C2CC2)n1C1CC1. The lowest BCUT2D eigenvalue weighted by molar-refractivity contribution is -0.127. The number of rotatable bonds is 7. The van der Waals surface area contributed by atoms with Gasteiger partial charge >= 0.3 is 0 Å². The van der Waals surface area contributed by atoms with Gasteiger partial charge in [-0.25, -0.2) is 0 Å². The number of halogens is 1. The van der Waals surface area contributed by atoms with Crippen LogP contribution in [0.4, 0.5) is 0 Å². The molecule has 0 saturated heterocycles. The number of hydrogen-bond acceptors (Lipinski definition) is 5. The highest BCUT2D eigenvalue weighted by Gasteiger charge is 2.36. The first-order valence-corrected chi connectivity index (χ1v) is 10.4. The van der Waals surface area contributed by atoms with Crippen LogP contribution in [0, 0.1) is 0 Å². The fourth-order valence-corrected chi connectivity index (χ4v) is 4.77. The third kappa shape index (κ3) is 3.63. The van der Waals surface area contributed by atoms with E-state index < -0.39 is 0 Å². The Morgan fingerprint density at radius 3 is 2.79 bits per heavy atom. The zero-order valence-electron chi connectivity index (χ0n) is 13.4. The van der Waals surface area contributed by atoms with Gasteiger partial charge in [0, 0.05) is 23.9 Å². The molecule has 24 heavy (non-hydrogen) atoms. The molecule has 0 radical (unpaired) electrons. The summed E-state index contributed by atoms with van der Waals surface area (Å²) in [5.74, 6) is 2.22. The molecule has 2 saturated carbocycles. The van der Waals surface area contributed by atoms with Crippen LogP contribution < -0.4 is 0 Å². The van der Waals surface area contributed by atoms with E-state index in [1.54, 1.807) is 4.90 Å². The molecule has 2 heterocycles. The summed E-state index contributed by atoms with van der Waals surface area (Å²) in [6, 6.07) is 4.39. The molecule has 2 aromatic heterocycles. The molecule has 0 bridgehead atoms. The van der Waals surface area contributed by atoms with Crippen molar-refractivity contribution in [3.63, 3.8) is 0 Å². The van der Waals surface area contributed by atoms with E-state index in [1.165, 1.54) is 48.8 Å². The van der Waals surface area contributed by atoms with Crippen molar-refractivity contribution in [3.05, 3.63) is 27.2 Å². The number of thiophene rings is 1. The topological polar surface area (TPSA) is 51.0 Å². The van der Waals surface area contributed by atoms with E-state index in [2.05, 4.69) is 14.8 Å². The summed E-state index contributed by atoms with van der Waals surface area (Å²) in [7, 11) is 1.83. The van der Waals surface area contributed by atoms with E-state index in [1.807, 2.05) is 19.2 Å². The molecule has 2 aliphatic carbocycles. The van der Waals surface area contributed by atoms with Gasteiger partial charge in [0.15, 0.2) is 5.16 Å². The van der Waals surface area contributed by atoms with Gasteiger partial charge in [0.25, 0.3) is 0 Å². The molecule has 2 fully saturated rings. The minimum absolute atomic E-state index is 0.0999. The van der Waals surface area contributed by atoms with E-state index in [9.17, 15) is 4.79 Å². The summed E-state index contributed by atoms with van der Waals surface area (Å²) < 4.78 is 3.04. The van der Waals surface area contributed by atoms with Crippen LogP contribution >= 0.6 is 34.7 Å². The van der Waals surface area contributed by atoms with Crippen LogP contribution in [-0.2, 0) is 11.3 Å². The highest BCUT2D eigenvalue weighted by molar-refractivity contribution is 7.99. The number of hydrogen-bond donors (Lipinski definition) is 0. The molecule has 0 spiro atoms. The molecule has 1 amide bonds. The van der Waals surface area contributed by atoms with Gasteiger partial charge in [0.05, 0.1) is 16.6 Å². The molecule has 128 valence electrons. The predicted octanol–water partition coefficient (Wildman–Crippen LogP) is 3.96. The van der Waals surface area contributed by atoms with Crippen LogP contribution in [0.1, 0.15) is 48.3 Å². The summed E-state index contributed by atoms with van der Waals surface area (Å²) in [5, 5.41) is 9.64. The second kappa shape index (κ2) is 6.69. The maximum atomic E-state index is 12.4. The van der Waals surface area contributed by atoms with Gasteiger partial charge < -0.3 is 9.47 Å². The third-order valence-electron chi connectivity index (χ3n) is 4.32. The fourth-order valence-electron chi connectivity index (χ4n) is 2.68. The van der Waals surface area contributed by atoms with Gasteiger partial charge in [-0.1, -0.05) is 23.4 Å². The molecule has 5 nitrogen and oxygen atoms in total. The summed E-state index contributed by atoms with van der Waals surface area (Å²) in [5.41, 5.74) is 0. The molecule has 2 aromatic rings. The normalized spacial score (nSPS) is 17.2. The molecule has 4 rings (SSSR count). The molecular formula is C16H19ClN4OS2. The second-order valence-corrected chi connectivity index (χ2v) is 9.20. The van der Waals surface area contributed by atoms with E-state index >= 15 is 0 Å². The van der Waals surface area contributed by atoms with Gasteiger partial charge in [-0.05, 0) is 37.8 Å². The van der Waals surface area contributed by atoms with Crippen molar-refractivity contribution < 1.29 is 4.79 Å². The van der Waals surface area contributed by atoms with Crippen LogP contribution in [0.3, 0.4) is 0 Å². The molecule has 0 atom stereocenters.